The van der Waals surface area contributed by atoms with E-state index in [0.717, 1.165) is 65.2 Å². The highest BCUT2D eigenvalue weighted by Crippen LogP contribution is 2.43. The Labute approximate surface area is 227 Å². The molecule has 6 rings (SSSR count). The molecule has 1 aliphatic carbocycles. The van der Waals surface area contributed by atoms with Crippen molar-refractivity contribution >= 4 is 22.8 Å². The molecule has 1 saturated carbocycles. The number of piperidine rings is 1. The molecule has 0 unspecified atom stereocenters. The zero-order valence-corrected chi connectivity index (χ0v) is 21.8. The van der Waals surface area contributed by atoms with Crippen LogP contribution in [0, 0.1) is 30.1 Å². The molecule has 3 atom stereocenters. The number of fused-ring (bicyclic) bond motifs is 1. The number of carbonyl (C=O) groups is 1. The molecule has 0 spiro atoms. The van der Waals surface area contributed by atoms with Crippen molar-refractivity contribution in [3.05, 3.63) is 78.8 Å². The van der Waals surface area contributed by atoms with Crippen LogP contribution in [0.4, 0.5) is 5.82 Å². The van der Waals surface area contributed by atoms with E-state index in [-0.39, 0.29) is 23.8 Å². The van der Waals surface area contributed by atoms with Crippen molar-refractivity contribution in [1.82, 2.24) is 19.4 Å². The van der Waals surface area contributed by atoms with Crippen LogP contribution < -0.4 is 10.5 Å². The van der Waals surface area contributed by atoms with Gasteiger partial charge in [0.05, 0.1) is 17.5 Å². The number of carbonyl (C=O) groups excluding carboxylic acids is 1. The first-order chi connectivity index (χ1) is 19.0. The summed E-state index contributed by atoms with van der Waals surface area (Å²) >= 11 is 0. The normalized spacial score (nSPS) is 20.7. The van der Waals surface area contributed by atoms with Crippen LogP contribution in [-0.4, -0.2) is 38.4 Å². The van der Waals surface area contributed by atoms with Crippen LogP contribution in [0.25, 0.3) is 22.2 Å². The van der Waals surface area contributed by atoms with E-state index in [4.69, 9.17) is 15.7 Å². The summed E-state index contributed by atoms with van der Waals surface area (Å²) in [6, 6.07) is 19.8. The van der Waals surface area contributed by atoms with E-state index in [9.17, 15) is 4.79 Å². The Morgan fingerprint density at radius 2 is 1.90 bits per heavy atom. The summed E-state index contributed by atoms with van der Waals surface area (Å²) in [4.78, 5) is 24.2. The number of anilines is 1. The Hall–Kier alpha value is -4.64. The van der Waals surface area contributed by atoms with Gasteiger partial charge in [0.2, 0.25) is 5.91 Å². The number of likely N-dealkylation sites (tertiary alicyclic amines) is 1. The molecule has 3 heterocycles. The zero-order valence-electron chi connectivity index (χ0n) is 21.8. The maximum atomic E-state index is 13.2. The van der Waals surface area contributed by atoms with E-state index in [2.05, 4.69) is 21.5 Å². The van der Waals surface area contributed by atoms with Crippen molar-refractivity contribution in [2.75, 3.05) is 18.8 Å². The van der Waals surface area contributed by atoms with Gasteiger partial charge in [-0.15, -0.1) is 0 Å². The lowest BCUT2D eigenvalue weighted by Crippen LogP contribution is -2.42. The molecule has 2 N–H and O–H groups in total. The molecule has 196 valence electrons. The first kappa shape index (κ1) is 24.7. The number of nitriles is 1. The van der Waals surface area contributed by atoms with Crippen LogP contribution in [0.5, 0.6) is 11.5 Å². The largest absolute Gasteiger partial charge is 0.457 e. The Morgan fingerprint density at radius 1 is 1.13 bits per heavy atom. The lowest BCUT2D eigenvalue weighted by Gasteiger charge is -2.34. The van der Waals surface area contributed by atoms with Crippen molar-refractivity contribution < 1.29 is 9.53 Å². The number of hydrogen-bond acceptors (Lipinski definition) is 6. The number of benzene rings is 2. The van der Waals surface area contributed by atoms with Crippen molar-refractivity contribution in [2.24, 2.45) is 11.8 Å². The van der Waals surface area contributed by atoms with Gasteiger partial charge in [0.1, 0.15) is 29.3 Å². The summed E-state index contributed by atoms with van der Waals surface area (Å²) in [5.41, 5.74) is 10.3. The molecule has 4 aromatic rings. The van der Waals surface area contributed by atoms with E-state index >= 15 is 0 Å². The molecule has 39 heavy (non-hydrogen) atoms. The van der Waals surface area contributed by atoms with E-state index in [0.29, 0.717) is 12.4 Å². The number of nitrogens with two attached hydrogens (primary N) is 1. The molecule has 8 nitrogen and oxygen atoms in total. The maximum Gasteiger partial charge on any atom is 0.226 e. The first-order valence-electron chi connectivity index (χ1n) is 13.3. The molecule has 1 amide bonds. The van der Waals surface area contributed by atoms with Gasteiger partial charge in [0.25, 0.3) is 0 Å². The summed E-state index contributed by atoms with van der Waals surface area (Å²) in [6.45, 7) is 3.47. The van der Waals surface area contributed by atoms with E-state index in [1.165, 1.54) is 12.4 Å². The predicted octanol–water partition coefficient (Wildman–Crippen LogP) is 5.66. The number of ether oxygens (including phenoxy) is 1. The number of amides is 1. The van der Waals surface area contributed by atoms with Gasteiger partial charge in [-0.25, -0.2) is 9.97 Å². The summed E-state index contributed by atoms with van der Waals surface area (Å²) in [7, 11) is 0. The van der Waals surface area contributed by atoms with Crippen LogP contribution in [0.3, 0.4) is 0 Å². The SMILES string of the molecule is Cc1c(-c2ccc(Oc3ccccc3)cc2)c2c(N)ncnc2n1[C@H]1CCCN(C(=O)[C@H]2C[C@H]2C=CC#N)C1. The number of nitrogen functional groups attached to an aromatic ring is 1. The molecule has 0 radical (unpaired) electrons. The third kappa shape index (κ3) is 4.72. The number of nitrogens with zero attached hydrogens (tertiary/aromatic N) is 5. The molecule has 2 fully saturated rings. The van der Waals surface area contributed by atoms with E-state index < -0.39 is 0 Å². The monoisotopic (exact) mass is 518 g/mol. The van der Waals surface area contributed by atoms with Gasteiger partial charge in [-0.05, 0) is 61.9 Å². The van der Waals surface area contributed by atoms with Gasteiger partial charge in [0.15, 0.2) is 0 Å². The molecule has 0 bridgehead atoms. The van der Waals surface area contributed by atoms with Gasteiger partial charge in [-0.2, -0.15) is 5.26 Å². The molecule has 2 aliphatic rings. The third-order valence-corrected chi connectivity index (χ3v) is 7.83. The summed E-state index contributed by atoms with van der Waals surface area (Å²) in [5, 5.41) is 9.64. The third-order valence-electron chi connectivity index (χ3n) is 7.83. The molecule has 1 saturated heterocycles. The Morgan fingerprint density at radius 3 is 2.67 bits per heavy atom. The smallest absolute Gasteiger partial charge is 0.226 e. The minimum absolute atomic E-state index is 0.0130. The van der Waals surface area contributed by atoms with Crippen LogP contribution in [0.1, 0.15) is 31.0 Å². The summed E-state index contributed by atoms with van der Waals surface area (Å²) < 4.78 is 8.23. The fraction of sp³-hybridized carbons (Fsp3) is 0.290. The highest BCUT2D eigenvalue weighted by molar-refractivity contribution is 6.02. The summed E-state index contributed by atoms with van der Waals surface area (Å²) in [5.74, 6) is 2.33. The molecule has 2 aromatic carbocycles. The van der Waals surface area contributed by atoms with Crippen LogP contribution >= 0.6 is 0 Å². The topological polar surface area (TPSA) is 110 Å². The first-order valence-corrected chi connectivity index (χ1v) is 13.3. The lowest BCUT2D eigenvalue weighted by molar-refractivity contribution is -0.134. The maximum absolute atomic E-state index is 13.2. The number of rotatable bonds is 6. The van der Waals surface area contributed by atoms with Crippen molar-refractivity contribution in [2.45, 2.75) is 32.2 Å². The lowest BCUT2D eigenvalue weighted by atomic mass is 10.0. The minimum Gasteiger partial charge on any atom is -0.457 e. The predicted molar refractivity (Wildman–Crippen MR) is 150 cm³/mol. The Bertz CT molecular complexity index is 1590. The Balaban J connectivity index is 1.31. The molecular formula is C31H30N6O2. The number of aromatic nitrogens is 3. The fourth-order valence-electron chi connectivity index (χ4n) is 5.86. The standard InChI is InChI=1S/C31H30N6O2/c1-20-27(21-11-13-25(14-12-21)39-24-9-3-2-4-10-24)28-29(33)34-19-35-30(28)37(20)23-8-6-16-36(18-23)31(38)26-17-22(26)7-5-15-32/h2-5,7,9-14,19,22-23,26H,6,8,16-18H2,1H3,(H2,33,34,35)/t22-,23+,26+/m1/s1. The van der Waals surface area contributed by atoms with Crippen LogP contribution in [0.2, 0.25) is 0 Å². The molecule has 8 heteroatoms. The van der Waals surface area contributed by atoms with Crippen molar-refractivity contribution in [1.29, 1.82) is 5.26 Å². The second kappa shape index (κ2) is 10.3. The van der Waals surface area contributed by atoms with E-state index in [1.807, 2.05) is 71.6 Å². The fourth-order valence-corrected chi connectivity index (χ4v) is 5.86. The highest BCUT2D eigenvalue weighted by Gasteiger charge is 2.44. The minimum atomic E-state index is -0.0130. The van der Waals surface area contributed by atoms with Crippen molar-refractivity contribution in [3.8, 4) is 28.7 Å². The van der Waals surface area contributed by atoms with Crippen molar-refractivity contribution in [3.63, 3.8) is 0 Å². The second-order valence-electron chi connectivity index (χ2n) is 10.3. The molecule has 2 aromatic heterocycles. The quantitative estimate of drug-likeness (QED) is 0.330. The van der Waals surface area contributed by atoms with Crippen LogP contribution in [0.15, 0.2) is 73.1 Å². The number of allylic oxidation sites excluding steroid dienone is 2. The second-order valence-corrected chi connectivity index (χ2v) is 10.3. The molecule has 1 aliphatic heterocycles. The average molecular weight is 519 g/mol. The zero-order chi connectivity index (χ0) is 26.9. The van der Waals surface area contributed by atoms with Gasteiger partial charge in [-0.3, -0.25) is 4.79 Å². The van der Waals surface area contributed by atoms with Gasteiger partial charge < -0.3 is 19.9 Å². The van der Waals surface area contributed by atoms with E-state index in [1.54, 1.807) is 0 Å². The highest BCUT2D eigenvalue weighted by atomic mass is 16.5. The Kier molecular flexibility index (Phi) is 6.49. The number of hydrogen-bond donors (Lipinski definition) is 1. The van der Waals surface area contributed by atoms with Crippen LogP contribution in [-0.2, 0) is 4.79 Å². The van der Waals surface area contributed by atoms with Gasteiger partial charge in [0, 0.05) is 36.3 Å². The average Bonchev–Trinajstić information content (AvgIpc) is 3.67. The molecular weight excluding hydrogens is 488 g/mol. The van der Waals surface area contributed by atoms with Gasteiger partial charge in [-0.1, -0.05) is 36.4 Å². The van der Waals surface area contributed by atoms with Gasteiger partial charge >= 0.3 is 0 Å². The number of para-hydroxylation sites is 1. The summed E-state index contributed by atoms with van der Waals surface area (Å²) in [6.07, 6.45) is 7.54.